The molecule has 1 aliphatic heterocycles. The minimum atomic E-state index is -3.36. The number of amides is 1. The molecule has 8 heteroatoms. The van der Waals surface area contributed by atoms with Gasteiger partial charge in [-0.3, -0.25) is 0 Å². The molecular formula is C7H13ClN2O4S. The van der Waals surface area contributed by atoms with Gasteiger partial charge in [-0.15, -0.1) is 11.6 Å². The molecule has 1 rings (SSSR count). The van der Waals surface area contributed by atoms with Gasteiger partial charge < -0.3 is 9.64 Å². The van der Waals surface area contributed by atoms with Gasteiger partial charge in [0.05, 0.1) is 7.11 Å². The second kappa shape index (κ2) is 5.00. The molecule has 0 aliphatic carbocycles. The van der Waals surface area contributed by atoms with Crippen molar-refractivity contribution in [3.63, 3.8) is 0 Å². The fraction of sp³-hybridized carbons (Fsp3) is 0.857. The van der Waals surface area contributed by atoms with Crippen molar-refractivity contribution in [1.82, 2.24) is 9.21 Å². The summed E-state index contributed by atoms with van der Waals surface area (Å²) in [6.07, 6.45) is -0.432. The summed E-state index contributed by atoms with van der Waals surface area (Å²) in [5.41, 5.74) is 0. The van der Waals surface area contributed by atoms with E-state index in [1.54, 1.807) is 0 Å². The maximum atomic E-state index is 11.4. The zero-order valence-corrected chi connectivity index (χ0v) is 9.92. The first kappa shape index (κ1) is 12.5. The van der Waals surface area contributed by atoms with Crippen molar-refractivity contribution in [3.8, 4) is 0 Å². The van der Waals surface area contributed by atoms with Crippen molar-refractivity contribution in [1.29, 1.82) is 0 Å². The molecule has 0 unspecified atom stereocenters. The summed E-state index contributed by atoms with van der Waals surface area (Å²) in [7, 11) is -2.06. The Hall–Kier alpha value is -0.530. The fourth-order valence-corrected chi connectivity index (χ4v) is 2.62. The number of alkyl halides is 1. The standard InChI is InChI=1S/C7H13ClN2O4S/c1-14-7(11)9-2-4-10(5-3-9)15(12,13)6-8/h2-6H2,1H3. The topological polar surface area (TPSA) is 66.9 Å². The number of carbonyl (C=O) groups is 1. The van der Waals surface area contributed by atoms with Gasteiger partial charge in [0.25, 0.3) is 0 Å². The number of halogens is 1. The van der Waals surface area contributed by atoms with E-state index in [0.29, 0.717) is 13.1 Å². The second-order valence-electron chi connectivity index (χ2n) is 3.08. The number of rotatable bonds is 2. The summed E-state index contributed by atoms with van der Waals surface area (Å²) < 4.78 is 28.5. The fourth-order valence-electron chi connectivity index (χ4n) is 1.35. The lowest BCUT2D eigenvalue weighted by Crippen LogP contribution is -2.50. The third kappa shape index (κ3) is 2.96. The van der Waals surface area contributed by atoms with Gasteiger partial charge in [0.15, 0.2) is 0 Å². The van der Waals surface area contributed by atoms with E-state index in [1.807, 2.05) is 0 Å². The van der Waals surface area contributed by atoms with Crippen molar-refractivity contribution in [2.24, 2.45) is 0 Å². The van der Waals surface area contributed by atoms with Crippen LogP contribution < -0.4 is 0 Å². The molecule has 0 aromatic carbocycles. The Morgan fingerprint density at radius 1 is 1.33 bits per heavy atom. The van der Waals surface area contributed by atoms with Crippen LogP contribution >= 0.6 is 11.6 Å². The Balaban J connectivity index is 2.53. The van der Waals surface area contributed by atoms with E-state index in [4.69, 9.17) is 11.6 Å². The molecule has 0 saturated carbocycles. The molecule has 88 valence electrons. The highest BCUT2D eigenvalue weighted by molar-refractivity contribution is 7.90. The molecule has 1 aliphatic rings. The van der Waals surface area contributed by atoms with Gasteiger partial charge in [0, 0.05) is 26.2 Å². The van der Waals surface area contributed by atoms with Crippen LogP contribution in [0.3, 0.4) is 0 Å². The first-order chi connectivity index (χ1) is 7.01. The van der Waals surface area contributed by atoms with Crippen LogP contribution in [0.1, 0.15) is 0 Å². The Morgan fingerprint density at radius 2 is 1.87 bits per heavy atom. The van der Waals surface area contributed by atoms with Crippen molar-refractivity contribution in [2.75, 3.05) is 38.5 Å². The number of ether oxygens (including phenoxy) is 1. The molecule has 1 heterocycles. The van der Waals surface area contributed by atoms with E-state index in [9.17, 15) is 13.2 Å². The van der Waals surface area contributed by atoms with Gasteiger partial charge in [-0.05, 0) is 0 Å². The average molecular weight is 257 g/mol. The Kier molecular flexibility index (Phi) is 4.18. The first-order valence-electron chi connectivity index (χ1n) is 4.38. The predicted molar refractivity (Wildman–Crippen MR) is 55.2 cm³/mol. The van der Waals surface area contributed by atoms with Gasteiger partial charge in [0.1, 0.15) is 5.21 Å². The third-order valence-corrected chi connectivity index (χ3v) is 4.46. The minimum Gasteiger partial charge on any atom is -0.453 e. The van der Waals surface area contributed by atoms with Crippen molar-refractivity contribution in [2.45, 2.75) is 0 Å². The molecule has 0 aromatic rings. The summed E-state index contributed by atoms with van der Waals surface area (Å²) in [6.45, 7) is 1.21. The van der Waals surface area contributed by atoms with Crippen LogP contribution in [0.2, 0.25) is 0 Å². The smallest absolute Gasteiger partial charge is 0.409 e. The van der Waals surface area contributed by atoms with Crippen molar-refractivity contribution >= 4 is 27.7 Å². The second-order valence-corrected chi connectivity index (χ2v) is 5.63. The maximum absolute atomic E-state index is 11.4. The number of piperazine rings is 1. The van der Waals surface area contributed by atoms with Crippen LogP contribution in [-0.4, -0.2) is 62.2 Å². The van der Waals surface area contributed by atoms with E-state index in [-0.39, 0.29) is 13.1 Å². The number of hydrogen-bond donors (Lipinski definition) is 0. The third-order valence-electron chi connectivity index (χ3n) is 2.20. The molecule has 15 heavy (non-hydrogen) atoms. The lowest BCUT2D eigenvalue weighted by atomic mass is 10.4. The van der Waals surface area contributed by atoms with Crippen LogP contribution in [0.5, 0.6) is 0 Å². The van der Waals surface area contributed by atoms with Gasteiger partial charge >= 0.3 is 6.09 Å². The molecule has 0 atom stereocenters. The van der Waals surface area contributed by atoms with Crippen molar-refractivity contribution in [3.05, 3.63) is 0 Å². The molecule has 6 nitrogen and oxygen atoms in total. The van der Waals surface area contributed by atoms with Crippen molar-refractivity contribution < 1.29 is 17.9 Å². The highest BCUT2D eigenvalue weighted by Gasteiger charge is 2.28. The largest absolute Gasteiger partial charge is 0.453 e. The van der Waals surface area contributed by atoms with Gasteiger partial charge in [0.2, 0.25) is 10.0 Å². The normalized spacial score (nSPS) is 18.9. The minimum absolute atomic E-state index is 0.268. The molecule has 0 bridgehead atoms. The zero-order chi connectivity index (χ0) is 11.5. The van der Waals surface area contributed by atoms with Gasteiger partial charge in [-0.25, -0.2) is 13.2 Å². The van der Waals surface area contributed by atoms with Crippen LogP contribution in [0.15, 0.2) is 0 Å². The highest BCUT2D eigenvalue weighted by atomic mass is 35.5. The van der Waals surface area contributed by atoms with Gasteiger partial charge in [-0.1, -0.05) is 0 Å². The first-order valence-corrected chi connectivity index (χ1v) is 6.52. The quantitative estimate of drug-likeness (QED) is 0.647. The van der Waals surface area contributed by atoms with Crippen LogP contribution in [0.4, 0.5) is 4.79 Å². The molecule has 0 aromatic heterocycles. The van der Waals surface area contributed by atoms with Crippen LogP contribution in [0, 0.1) is 0 Å². The van der Waals surface area contributed by atoms with E-state index >= 15 is 0 Å². The summed E-state index contributed by atoms with van der Waals surface area (Å²) in [5.74, 6) is 0. The van der Waals surface area contributed by atoms with Gasteiger partial charge in [-0.2, -0.15) is 4.31 Å². The van der Waals surface area contributed by atoms with E-state index < -0.39 is 21.3 Å². The Morgan fingerprint density at radius 3 is 2.27 bits per heavy atom. The number of nitrogens with zero attached hydrogens (tertiary/aromatic N) is 2. The summed E-state index contributed by atoms with van der Waals surface area (Å²) in [6, 6.07) is 0. The molecule has 1 saturated heterocycles. The molecular weight excluding hydrogens is 244 g/mol. The molecule has 0 radical (unpaired) electrons. The Labute approximate surface area is 93.8 Å². The molecule has 1 fully saturated rings. The average Bonchev–Trinajstić information content (AvgIpc) is 2.28. The summed E-state index contributed by atoms with van der Waals surface area (Å²) in [4.78, 5) is 12.6. The zero-order valence-electron chi connectivity index (χ0n) is 8.35. The monoisotopic (exact) mass is 256 g/mol. The van der Waals surface area contributed by atoms with E-state index in [0.717, 1.165) is 0 Å². The molecule has 0 N–H and O–H groups in total. The number of hydrogen-bond acceptors (Lipinski definition) is 4. The predicted octanol–water partition coefficient (Wildman–Crippen LogP) is -0.103. The van der Waals surface area contributed by atoms with E-state index in [2.05, 4.69) is 4.74 Å². The lowest BCUT2D eigenvalue weighted by Gasteiger charge is -2.32. The molecule has 1 amide bonds. The highest BCUT2D eigenvalue weighted by Crippen LogP contribution is 2.09. The maximum Gasteiger partial charge on any atom is 0.409 e. The van der Waals surface area contributed by atoms with Crippen LogP contribution in [0.25, 0.3) is 0 Å². The summed E-state index contributed by atoms with van der Waals surface area (Å²) >= 11 is 5.32. The number of carbonyl (C=O) groups excluding carboxylic acids is 1. The molecule has 0 spiro atoms. The lowest BCUT2D eigenvalue weighted by molar-refractivity contribution is 0.108. The number of methoxy groups -OCH3 is 1. The van der Waals surface area contributed by atoms with Crippen LogP contribution in [-0.2, 0) is 14.8 Å². The number of sulfonamides is 1. The SMILES string of the molecule is COC(=O)N1CCN(S(=O)(=O)CCl)CC1. The van der Waals surface area contributed by atoms with E-state index in [1.165, 1.54) is 16.3 Å². The summed E-state index contributed by atoms with van der Waals surface area (Å²) in [5, 5.41) is -0.425. The Bertz CT molecular complexity index is 324.